The second kappa shape index (κ2) is 65.5. The van der Waals surface area contributed by atoms with Crippen LogP contribution in [0.4, 0.5) is 0 Å². The molecule has 0 aliphatic rings. The molecule has 0 aromatic rings. The minimum Gasteiger partial charge on any atom is -0.462 e. The predicted octanol–water partition coefficient (Wildman–Crippen LogP) is 22.1. The van der Waals surface area contributed by atoms with Crippen LogP contribution in [0, 0.1) is 0 Å². The van der Waals surface area contributed by atoms with Crippen LogP contribution < -0.4 is 0 Å². The fraction of sp³-hybridized carbons (Fsp3) is 0.603. The second-order valence-electron chi connectivity index (χ2n) is 20.6. The van der Waals surface area contributed by atoms with Crippen molar-refractivity contribution in [3.8, 4) is 0 Å². The lowest BCUT2D eigenvalue weighted by Crippen LogP contribution is -2.30. The Balaban J connectivity index is 4.41. The minimum absolute atomic E-state index is 0.0987. The van der Waals surface area contributed by atoms with Gasteiger partial charge in [0, 0.05) is 19.3 Å². The van der Waals surface area contributed by atoms with E-state index in [4.69, 9.17) is 14.2 Å². The molecule has 0 aliphatic carbocycles. The third kappa shape index (κ3) is 63.7. The molecule has 0 aromatic heterocycles. The Morgan fingerprint density at radius 3 is 0.772 bits per heavy atom. The predicted molar refractivity (Wildman–Crippen MR) is 343 cm³/mol. The van der Waals surface area contributed by atoms with Crippen molar-refractivity contribution in [3.63, 3.8) is 0 Å². The van der Waals surface area contributed by atoms with Gasteiger partial charge in [0.1, 0.15) is 13.2 Å². The summed E-state index contributed by atoms with van der Waals surface area (Å²) in [5.41, 5.74) is 0. The largest absolute Gasteiger partial charge is 0.462 e. The quantitative estimate of drug-likeness (QED) is 0.0261. The van der Waals surface area contributed by atoms with E-state index in [0.29, 0.717) is 19.3 Å². The average Bonchev–Trinajstić information content (AvgIpc) is 3.45. The van der Waals surface area contributed by atoms with Gasteiger partial charge in [-0.05, 0) is 128 Å². The number of ether oxygens (including phenoxy) is 3. The van der Waals surface area contributed by atoms with E-state index in [-0.39, 0.29) is 31.1 Å². The Labute approximate surface area is 486 Å². The van der Waals surface area contributed by atoms with E-state index in [1.165, 1.54) is 51.4 Å². The summed E-state index contributed by atoms with van der Waals surface area (Å²) in [6.45, 7) is 6.36. The summed E-state index contributed by atoms with van der Waals surface area (Å²) >= 11 is 0. The van der Waals surface area contributed by atoms with Crippen LogP contribution in [-0.2, 0) is 28.6 Å². The molecule has 79 heavy (non-hydrogen) atoms. The molecule has 0 N–H and O–H groups in total. The lowest BCUT2D eigenvalue weighted by Gasteiger charge is -2.18. The third-order valence-corrected chi connectivity index (χ3v) is 13.0. The molecule has 0 saturated heterocycles. The number of unbranched alkanes of at least 4 members (excludes halogenated alkanes) is 19. The highest BCUT2D eigenvalue weighted by Gasteiger charge is 2.19. The molecule has 0 aromatic carbocycles. The maximum atomic E-state index is 12.9. The average molecular weight is 1090 g/mol. The highest BCUT2D eigenvalue weighted by molar-refractivity contribution is 5.71. The molecule has 0 fully saturated rings. The van der Waals surface area contributed by atoms with Gasteiger partial charge in [-0.1, -0.05) is 275 Å². The Morgan fingerprint density at radius 1 is 0.266 bits per heavy atom. The fourth-order valence-corrected chi connectivity index (χ4v) is 8.31. The van der Waals surface area contributed by atoms with Gasteiger partial charge in [-0.3, -0.25) is 14.4 Å². The molecular weight excluding hydrogens is 973 g/mol. The van der Waals surface area contributed by atoms with Crippen LogP contribution in [0.2, 0.25) is 0 Å². The normalized spacial score (nSPS) is 13.2. The third-order valence-electron chi connectivity index (χ3n) is 13.0. The van der Waals surface area contributed by atoms with Crippen molar-refractivity contribution in [1.29, 1.82) is 0 Å². The SMILES string of the molecule is CC/C=C\C/C=C\C/C=C\C/C=C\C/C=C\C/C=C\C/C=C\C/C=C\CCCCCCC(=O)OCC(COC(=O)CCCCCCCCCCCCC)OC(=O)CCCCCCC/C=C\C/C=C\C/C=C\C/C=C\C/C=C\CC. The first-order valence-corrected chi connectivity index (χ1v) is 32.0. The number of allylic oxidation sites excluding steroid dienone is 26. The van der Waals surface area contributed by atoms with E-state index in [1.54, 1.807) is 0 Å². The van der Waals surface area contributed by atoms with E-state index in [2.05, 4.69) is 179 Å². The Morgan fingerprint density at radius 2 is 0.494 bits per heavy atom. The van der Waals surface area contributed by atoms with Crippen molar-refractivity contribution < 1.29 is 28.6 Å². The zero-order chi connectivity index (χ0) is 57.1. The molecule has 0 rings (SSSR count). The van der Waals surface area contributed by atoms with Gasteiger partial charge in [0.2, 0.25) is 0 Å². The Bertz CT molecular complexity index is 1780. The smallest absolute Gasteiger partial charge is 0.306 e. The highest BCUT2D eigenvalue weighted by atomic mass is 16.6. The van der Waals surface area contributed by atoms with Crippen LogP contribution in [0.5, 0.6) is 0 Å². The summed E-state index contributed by atoms with van der Waals surface area (Å²) in [7, 11) is 0. The van der Waals surface area contributed by atoms with Crippen LogP contribution in [0.15, 0.2) is 158 Å². The van der Waals surface area contributed by atoms with E-state index < -0.39 is 6.10 Å². The maximum absolute atomic E-state index is 12.9. The first-order valence-electron chi connectivity index (χ1n) is 32.0. The van der Waals surface area contributed by atoms with Gasteiger partial charge in [0.05, 0.1) is 0 Å². The van der Waals surface area contributed by atoms with Gasteiger partial charge in [0.25, 0.3) is 0 Å². The number of hydrogen-bond donors (Lipinski definition) is 0. The Hall–Kier alpha value is -4.97. The van der Waals surface area contributed by atoms with Gasteiger partial charge >= 0.3 is 17.9 Å². The van der Waals surface area contributed by atoms with Crippen LogP contribution >= 0.6 is 0 Å². The van der Waals surface area contributed by atoms with E-state index in [1.807, 2.05) is 0 Å². The summed E-state index contributed by atoms with van der Waals surface area (Å²) in [4.78, 5) is 38.3. The van der Waals surface area contributed by atoms with Crippen molar-refractivity contribution in [3.05, 3.63) is 158 Å². The van der Waals surface area contributed by atoms with Crippen LogP contribution in [0.3, 0.4) is 0 Å². The summed E-state index contributed by atoms with van der Waals surface area (Å²) in [6, 6.07) is 0. The van der Waals surface area contributed by atoms with Crippen LogP contribution in [-0.4, -0.2) is 37.2 Å². The van der Waals surface area contributed by atoms with Crippen molar-refractivity contribution in [2.75, 3.05) is 13.2 Å². The lowest BCUT2D eigenvalue weighted by atomic mass is 10.1. The van der Waals surface area contributed by atoms with Crippen molar-refractivity contribution in [2.24, 2.45) is 0 Å². The minimum atomic E-state index is -0.806. The standard InChI is InChI=1S/C73H116O6/c1-4-7-10-13-16-19-22-24-26-28-30-32-33-34-35-36-37-38-39-41-42-44-46-48-51-54-57-60-63-66-72(75)78-69-70(68-77-71(74)65-62-59-56-53-50-21-18-15-12-9-6-3)79-73(76)67-64-61-58-55-52-49-47-45-43-40-31-29-27-25-23-20-17-14-11-8-5-2/h7-8,10-11,16-17,19-20,24-27,30-32,34-35,37-38,40-42,45-48,70H,4-6,9,12-15,18,21-23,28-29,33,36,39,43-44,49-69H2,1-3H3/b10-7-,11-8-,19-16-,20-17-,26-24-,27-25-,32-30-,35-34-,38-37-,40-31-,42-41-,47-45-,48-46-. The summed E-state index contributed by atoms with van der Waals surface area (Å²) < 4.78 is 16.9. The van der Waals surface area contributed by atoms with Gasteiger partial charge in [0.15, 0.2) is 6.10 Å². The number of hydrogen-bond acceptors (Lipinski definition) is 6. The van der Waals surface area contributed by atoms with Gasteiger partial charge in [-0.2, -0.15) is 0 Å². The first kappa shape index (κ1) is 74.0. The number of carbonyl (C=O) groups is 3. The van der Waals surface area contributed by atoms with Crippen molar-refractivity contribution in [2.45, 2.75) is 271 Å². The van der Waals surface area contributed by atoms with Crippen molar-refractivity contribution >= 4 is 17.9 Å². The molecule has 1 unspecified atom stereocenters. The fourth-order valence-electron chi connectivity index (χ4n) is 8.31. The first-order chi connectivity index (χ1) is 39.0. The van der Waals surface area contributed by atoms with E-state index in [9.17, 15) is 14.4 Å². The number of carbonyl (C=O) groups excluding carboxylic acids is 3. The molecule has 1 atom stereocenters. The van der Waals surface area contributed by atoms with E-state index >= 15 is 0 Å². The molecule has 6 nitrogen and oxygen atoms in total. The van der Waals surface area contributed by atoms with Crippen LogP contribution in [0.25, 0.3) is 0 Å². The highest BCUT2D eigenvalue weighted by Crippen LogP contribution is 2.14. The molecule has 6 heteroatoms. The maximum Gasteiger partial charge on any atom is 0.306 e. The van der Waals surface area contributed by atoms with Crippen molar-refractivity contribution in [1.82, 2.24) is 0 Å². The zero-order valence-electron chi connectivity index (χ0n) is 50.8. The molecular formula is C73H116O6. The number of esters is 3. The molecule has 0 heterocycles. The molecule has 0 bridgehead atoms. The molecule has 0 radical (unpaired) electrons. The number of rotatable bonds is 56. The van der Waals surface area contributed by atoms with Gasteiger partial charge < -0.3 is 14.2 Å². The Kier molecular flexibility index (Phi) is 61.4. The molecule has 0 amide bonds. The van der Waals surface area contributed by atoms with Gasteiger partial charge in [-0.15, -0.1) is 0 Å². The topological polar surface area (TPSA) is 78.9 Å². The van der Waals surface area contributed by atoms with Gasteiger partial charge in [-0.25, -0.2) is 0 Å². The lowest BCUT2D eigenvalue weighted by molar-refractivity contribution is -0.167. The summed E-state index contributed by atoms with van der Waals surface area (Å²) in [6.07, 6.45) is 95.3. The zero-order valence-corrected chi connectivity index (χ0v) is 50.8. The summed E-state index contributed by atoms with van der Waals surface area (Å²) in [5.74, 6) is -0.947. The molecule has 444 valence electrons. The molecule has 0 saturated carbocycles. The molecule has 0 aliphatic heterocycles. The molecule has 0 spiro atoms. The van der Waals surface area contributed by atoms with E-state index in [0.717, 1.165) is 173 Å². The summed E-state index contributed by atoms with van der Waals surface area (Å²) in [5, 5.41) is 0. The second-order valence-corrected chi connectivity index (χ2v) is 20.6. The monoisotopic (exact) mass is 1090 g/mol. The van der Waals surface area contributed by atoms with Crippen LogP contribution in [0.1, 0.15) is 265 Å².